The minimum atomic E-state index is -0.546. The van der Waals surface area contributed by atoms with Crippen LogP contribution in [0.4, 0.5) is 10.8 Å². The molecule has 13 heteroatoms. The van der Waals surface area contributed by atoms with E-state index in [1.54, 1.807) is 93.1 Å². The molecular weight excluding hydrogens is 677 g/mol. The summed E-state index contributed by atoms with van der Waals surface area (Å²) in [5.74, 6) is 1.04. The first-order valence-electron chi connectivity index (χ1n) is 15.1. The van der Waals surface area contributed by atoms with Crippen molar-refractivity contribution in [3.05, 3.63) is 113 Å². The number of carbonyl (C=O) groups is 3. The van der Waals surface area contributed by atoms with Crippen molar-refractivity contribution in [3.63, 3.8) is 0 Å². The summed E-state index contributed by atoms with van der Waals surface area (Å²) in [6.45, 7) is 0. The van der Waals surface area contributed by atoms with Gasteiger partial charge in [-0.15, -0.1) is 23.1 Å². The number of nitrogens with zero attached hydrogens (tertiary/aromatic N) is 1. The third-order valence-corrected chi connectivity index (χ3v) is 8.94. The van der Waals surface area contributed by atoms with Crippen molar-refractivity contribution < 1.29 is 33.3 Å². The Bertz CT molecular complexity index is 2000. The number of methoxy groups -OCH3 is 4. The number of ether oxygens (including phenoxy) is 4. The van der Waals surface area contributed by atoms with Crippen molar-refractivity contribution >= 4 is 57.7 Å². The molecule has 0 aliphatic rings. The van der Waals surface area contributed by atoms with Gasteiger partial charge in [0.15, 0.2) is 28.1 Å². The fourth-order valence-corrected chi connectivity index (χ4v) is 6.15. The molecule has 0 fully saturated rings. The Kier molecular flexibility index (Phi) is 12.1. The molecule has 11 nitrogen and oxygen atoms in total. The van der Waals surface area contributed by atoms with E-state index in [1.807, 2.05) is 17.5 Å². The highest BCUT2D eigenvalue weighted by Gasteiger charge is 2.18. The fraction of sp³-hybridized carbons (Fsp3) is 0.135. The van der Waals surface area contributed by atoms with Gasteiger partial charge in [-0.25, -0.2) is 4.98 Å². The number of nitrogens with one attached hydrogen (secondary N) is 3. The molecule has 0 saturated heterocycles. The van der Waals surface area contributed by atoms with Crippen LogP contribution in [0.2, 0.25) is 0 Å². The highest BCUT2D eigenvalue weighted by Crippen LogP contribution is 2.34. The lowest BCUT2D eigenvalue weighted by Gasteiger charge is -2.14. The second kappa shape index (κ2) is 17.0. The van der Waals surface area contributed by atoms with Gasteiger partial charge in [-0.05, 0) is 66.7 Å². The Hall–Kier alpha value is -5.79. The van der Waals surface area contributed by atoms with Crippen molar-refractivity contribution in [3.8, 4) is 34.3 Å². The minimum absolute atomic E-state index is 0.00278. The Morgan fingerprint density at radius 3 is 2.22 bits per heavy atom. The van der Waals surface area contributed by atoms with Gasteiger partial charge in [-0.1, -0.05) is 30.3 Å². The lowest BCUT2D eigenvalue weighted by molar-refractivity contribution is -0.114. The molecule has 0 radical (unpaired) electrons. The summed E-state index contributed by atoms with van der Waals surface area (Å²) in [5.41, 5.74) is 2.95. The van der Waals surface area contributed by atoms with Crippen LogP contribution in [0.1, 0.15) is 15.9 Å². The van der Waals surface area contributed by atoms with Crippen LogP contribution < -0.4 is 34.9 Å². The van der Waals surface area contributed by atoms with E-state index >= 15 is 0 Å². The van der Waals surface area contributed by atoms with Crippen LogP contribution in [-0.4, -0.2) is 56.9 Å². The van der Waals surface area contributed by atoms with Crippen LogP contribution in [-0.2, 0) is 9.59 Å². The number of anilines is 2. The average Bonchev–Trinajstić information content (AvgIpc) is 3.62. The zero-order valence-electron chi connectivity index (χ0n) is 27.6. The summed E-state index contributed by atoms with van der Waals surface area (Å²) < 4.78 is 21.6. The molecule has 1 heterocycles. The number of thioether (sulfide) groups is 1. The number of benzene rings is 4. The molecule has 256 valence electrons. The first-order chi connectivity index (χ1) is 24.3. The SMILES string of the molecule is COc1ccc(-c2csc(NC(=O)CSc3ccc(NC(=O)/C(=C/c4cccc(OC)c4OC)NC(=O)c4ccccc4)cc3)n2)cc1OC. The molecule has 0 bridgehead atoms. The van der Waals surface area contributed by atoms with Gasteiger partial charge >= 0.3 is 0 Å². The number of carbonyl (C=O) groups excluding carboxylic acids is 3. The molecule has 0 aliphatic carbocycles. The summed E-state index contributed by atoms with van der Waals surface area (Å²) in [6.07, 6.45) is 1.53. The summed E-state index contributed by atoms with van der Waals surface area (Å²) in [5, 5.41) is 10.7. The lowest BCUT2D eigenvalue weighted by Crippen LogP contribution is -2.30. The quantitative estimate of drug-likeness (QED) is 0.0823. The third-order valence-electron chi connectivity index (χ3n) is 7.17. The van der Waals surface area contributed by atoms with Crippen molar-refractivity contribution in [2.24, 2.45) is 0 Å². The maximum atomic E-state index is 13.5. The highest BCUT2D eigenvalue weighted by molar-refractivity contribution is 8.00. The van der Waals surface area contributed by atoms with E-state index in [9.17, 15) is 14.4 Å². The first-order valence-corrected chi connectivity index (χ1v) is 17.0. The maximum absolute atomic E-state index is 13.5. The second-order valence-electron chi connectivity index (χ2n) is 10.4. The number of hydrogen-bond acceptors (Lipinski definition) is 10. The van der Waals surface area contributed by atoms with Crippen molar-refractivity contribution in [1.29, 1.82) is 0 Å². The van der Waals surface area contributed by atoms with Crippen molar-refractivity contribution in [2.75, 3.05) is 44.8 Å². The molecule has 0 aliphatic heterocycles. The Labute approximate surface area is 297 Å². The van der Waals surface area contributed by atoms with Crippen LogP contribution in [0.25, 0.3) is 17.3 Å². The standard InChI is InChI=1S/C37H34N4O7S2/c1-45-30-18-13-24(20-32(30)47-3)29-21-50-37(40-29)41-33(42)22-49-27-16-14-26(15-17-27)38-36(44)28(39-35(43)23-9-6-5-7-10-23)19-25-11-8-12-31(46-2)34(25)48-4/h5-21H,22H2,1-4H3,(H,38,44)(H,39,43)(H,40,41,42)/b28-19-. The van der Waals surface area contributed by atoms with Gasteiger partial charge in [0.1, 0.15) is 5.70 Å². The van der Waals surface area contributed by atoms with E-state index in [0.29, 0.717) is 50.6 Å². The molecule has 50 heavy (non-hydrogen) atoms. The Morgan fingerprint density at radius 1 is 0.780 bits per heavy atom. The number of aromatic nitrogens is 1. The van der Waals surface area contributed by atoms with E-state index in [2.05, 4.69) is 20.9 Å². The molecule has 0 saturated carbocycles. The van der Waals surface area contributed by atoms with Gasteiger partial charge in [0.2, 0.25) is 5.91 Å². The molecule has 0 spiro atoms. The van der Waals surface area contributed by atoms with Crippen molar-refractivity contribution in [1.82, 2.24) is 10.3 Å². The van der Waals surface area contributed by atoms with Gasteiger partial charge in [0, 0.05) is 32.7 Å². The predicted molar refractivity (Wildman–Crippen MR) is 197 cm³/mol. The molecule has 5 rings (SSSR count). The molecule has 1 aromatic heterocycles. The summed E-state index contributed by atoms with van der Waals surface area (Å²) in [4.78, 5) is 44.6. The molecule has 0 atom stereocenters. The number of para-hydroxylation sites is 1. The van der Waals surface area contributed by atoms with E-state index in [-0.39, 0.29) is 17.4 Å². The molecule has 0 unspecified atom stereocenters. The number of thiazole rings is 1. The van der Waals surface area contributed by atoms with Crippen molar-refractivity contribution in [2.45, 2.75) is 4.90 Å². The molecule has 3 N–H and O–H groups in total. The zero-order chi connectivity index (χ0) is 35.5. The normalized spacial score (nSPS) is 10.9. The average molecular weight is 711 g/mol. The lowest BCUT2D eigenvalue weighted by atomic mass is 10.1. The van der Waals surface area contributed by atoms with Crippen LogP contribution in [0.3, 0.4) is 0 Å². The minimum Gasteiger partial charge on any atom is -0.493 e. The molecule has 5 aromatic rings. The number of rotatable bonds is 14. The third kappa shape index (κ3) is 9.01. The van der Waals surface area contributed by atoms with E-state index in [4.69, 9.17) is 18.9 Å². The Morgan fingerprint density at radius 2 is 1.52 bits per heavy atom. The van der Waals surface area contributed by atoms with Gasteiger partial charge < -0.3 is 34.9 Å². The molecule has 4 aromatic carbocycles. The van der Waals surface area contributed by atoms with E-state index in [0.717, 1.165) is 10.5 Å². The monoisotopic (exact) mass is 710 g/mol. The predicted octanol–water partition coefficient (Wildman–Crippen LogP) is 6.98. The van der Waals surface area contributed by atoms with Gasteiger partial charge in [0.25, 0.3) is 11.8 Å². The van der Waals surface area contributed by atoms with Gasteiger partial charge in [0.05, 0.1) is 39.9 Å². The van der Waals surface area contributed by atoms with Crippen LogP contribution in [0, 0.1) is 0 Å². The van der Waals surface area contributed by atoms with E-state index in [1.165, 1.54) is 43.4 Å². The number of amides is 3. The zero-order valence-corrected chi connectivity index (χ0v) is 29.3. The Balaban J connectivity index is 1.22. The van der Waals surface area contributed by atoms with Gasteiger partial charge in [-0.2, -0.15) is 0 Å². The van der Waals surface area contributed by atoms with Gasteiger partial charge in [-0.3, -0.25) is 14.4 Å². The smallest absolute Gasteiger partial charge is 0.272 e. The summed E-state index contributed by atoms with van der Waals surface area (Å²) in [7, 11) is 6.16. The fourth-order valence-electron chi connectivity index (χ4n) is 4.72. The largest absolute Gasteiger partial charge is 0.493 e. The van der Waals surface area contributed by atoms with Crippen LogP contribution in [0.5, 0.6) is 23.0 Å². The van der Waals surface area contributed by atoms with Crippen LogP contribution >= 0.6 is 23.1 Å². The number of hydrogen-bond donors (Lipinski definition) is 3. The summed E-state index contributed by atoms with van der Waals surface area (Å²) >= 11 is 2.66. The molecule has 3 amide bonds. The topological polar surface area (TPSA) is 137 Å². The molecular formula is C37H34N4O7S2. The first kappa shape index (κ1) is 35.5. The summed E-state index contributed by atoms with van der Waals surface area (Å²) in [6, 6.07) is 26.4. The van der Waals surface area contributed by atoms with Crippen LogP contribution in [0.15, 0.2) is 107 Å². The second-order valence-corrected chi connectivity index (χ2v) is 12.3. The van der Waals surface area contributed by atoms with E-state index < -0.39 is 11.8 Å². The highest BCUT2D eigenvalue weighted by atomic mass is 32.2. The maximum Gasteiger partial charge on any atom is 0.272 e.